The number of thioether (sulfide) groups is 1. The summed E-state index contributed by atoms with van der Waals surface area (Å²) in [5.74, 6) is 2.46. The summed E-state index contributed by atoms with van der Waals surface area (Å²) in [4.78, 5) is 24.6. The summed E-state index contributed by atoms with van der Waals surface area (Å²) in [5, 5.41) is 4.87. The van der Waals surface area contributed by atoms with Gasteiger partial charge in [0.25, 0.3) is 0 Å². The van der Waals surface area contributed by atoms with Gasteiger partial charge in [0, 0.05) is 18.5 Å². The van der Waals surface area contributed by atoms with Crippen LogP contribution in [-0.2, 0) is 16.1 Å². The molecule has 5 rings (SSSR count). The molecule has 1 fully saturated rings. The molecule has 1 amide bonds. The molecule has 0 saturated carbocycles. The molecule has 34 heavy (non-hydrogen) atoms. The van der Waals surface area contributed by atoms with Gasteiger partial charge in [-0.2, -0.15) is 0 Å². The van der Waals surface area contributed by atoms with Gasteiger partial charge in [-0.25, -0.2) is 9.97 Å². The van der Waals surface area contributed by atoms with Crippen LogP contribution < -0.4 is 14.8 Å². The number of fused-ring (bicyclic) bond motifs is 2. The molecule has 3 heterocycles. The van der Waals surface area contributed by atoms with E-state index < -0.39 is 0 Å². The lowest BCUT2D eigenvalue weighted by molar-refractivity contribution is -0.119. The van der Waals surface area contributed by atoms with E-state index in [9.17, 15) is 4.79 Å². The Morgan fingerprint density at radius 3 is 2.71 bits per heavy atom. The fourth-order valence-electron chi connectivity index (χ4n) is 4.06. The maximum Gasteiger partial charge on any atom is 0.230 e. The minimum absolute atomic E-state index is 0.0511. The number of para-hydroxylation sites is 1. The summed E-state index contributed by atoms with van der Waals surface area (Å²) in [6, 6.07) is 13.6. The average molecular weight is 481 g/mol. The first-order valence-electron chi connectivity index (χ1n) is 11.5. The van der Waals surface area contributed by atoms with Gasteiger partial charge in [-0.05, 0) is 30.7 Å². The molecule has 9 heteroatoms. The first-order valence-corrected chi connectivity index (χ1v) is 12.5. The van der Waals surface area contributed by atoms with Crippen LogP contribution >= 0.6 is 11.8 Å². The minimum atomic E-state index is -0.150. The number of hydrogen-bond acceptors (Lipinski definition) is 8. The number of hydrogen-bond donors (Lipinski definition) is 1. The number of benzene rings is 2. The van der Waals surface area contributed by atoms with Crippen LogP contribution in [0.4, 0.5) is 0 Å². The first kappa shape index (κ1) is 22.9. The molecule has 1 aromatic heterocycles. The number of aromatic nitrogens is 2. The summed E-state index contributed by atoms with van der Waals surface area (Å²) < 4.78 is 16.7. The Morgan fingerprint density at radius 2 is 1.85 bits per heavy atom. The molecule has 0 spiro atoms. The van der Waals surface area contributed by atoms with Crippen LogP contribution in [0, 0.1) is 0 Å². The van der Waals surface area contributed by atoms with E-state index in [1.165, 1.54) is 11.8 Å². The Hall–Kier alpha value is -2.88. The van der Waals surface area contributed by atoms with E-state index >= 15 is 0 Å². The number of amides is 1. The summed E-state index contributed by atoms with van der Waals surface area (Å²) in [6.07, 6.45) is 0. The molecule has 1 saturated heterocycles. The number of nitrogens with zero attached hydrogens (tertiary/aromatic N) is 3. The lowest BCUT2D eigenvalue weighted by Gasteiger charge is -2.25. The van der Waals surface area contributed by atoms with Crippen LogP contribution in [0.3, 0.4) is 0 Å². The SMILES string of the molecule is CC(NC(=O)CSc1nc(CN2CCOCC2)nc2ccccc12)c1ccc2c(c1)OCCO2. The first-order chi connectivity index (χ1) is 16.7. The Bertz CT molecular complexity index is 1170. The summed E-state index contributed by atoms with van der Waals surface area (Å²) in [5.41, 5.74) is 1.87. The van der Waals surface area contributed by atoms with E-state index in [1.807, 2.05) is 49.4 Å². The third-order valence-corrected chi connectivity index (χ3v) is 6.86. The van der Waals surface area contributed by atoms with Gasteiger partial charge in [-0.15, -0.1) is 0 Å². The van der Waals surface area contributed by atoms with Crippen LogP contribution in [0.25, 0.3) is 10.9 Å². The Balaban J connectivity index is 1.25. The van der Waals surface area contributed by atoms with Crippen molar-refractivity contribution in [2.75, 3.05) is 45.3 Å². The normalized spacial score (nSPS) is 16.9. The quantitative estimate of drug-likeness (QED) is 0.408. The molecule has 2 aliphatic rings. The minimum Gasteiger partial charge on any atom is -0.486 e. The van der Waals surface area contributed by atoms with Crippen molar-refractivity contribution in [1.29, 1.82) is 0 Å². The van der Waals surface area contributed by atoms with Crippen molar-refractivity contribution in [3.05, 3.63) is 53.9 Å². The maximum absolute atomic E-state index is 12.8. The molecular formula is C25H28N4O4S. The van der Waals surface area contributed by atoms with Crippen molar-refractivity contribution in [2.24, 2.45) is 0 Å². The molecule has 0 aliphatic carbocycles. The number of morpholine rings is 1. The van der Waals surface area contributed by atoms with Crippen LogP contribution in [0.2, 0.25) is 0 Å². The summed E-state index contributed by atoms with van der Waals surface area (Å²) in [7, 11) is 0. The van der Waals surface area contributed by atoms with Crippen LogP contribution in [0.15, 0.2) is 47.5 Å². The van der Waals surface area contributed by atoms with E-state index in [0.29, 0.717) is 19.8 Å². The van der Waals surface area contributed by atoms with Gasteiger partial charge in [-0.1, -0.05) is 36.0 Å². The van der Waals surface area contributed by atoms with Gasteiger partial charge < -0.3 is 19.5 Å². The second-order valence-corrected chi connectivity index (χ2v) is 9.30. The molecule has 0 radical (unpaired) electrons. The van der Waals surface area contributed by atoms with E-state index in [2.05, 4.69) is 10.2 Å². The second kappa shape index (κ2) is 10.6. The van der Waals surface area contributed by atoms with Crippen molar-refractivity contribution in [3.8, 4) is 11.5 Å². The Morgan fingerprint density at radius 1 is 1.06 bits per heavy atom. The molecule has 178 valence electrons. The monoisotopic (exact) mass is 480 g/mol. The number of nitrogens with one attached hydrogen (secondary N) is 1. The van der Waals surface area contributed by atoms with Crippen molar-refractivity contribution in [3.63, 3.8) is 0 Å². The van der Waals surface area contributed by atoms with Gasteiger partial charge >= 0.3 is 0 Å². The average Bonchev–Trinajstić information content (AvgIpc) is 2.87. The highest BCUT2D eigenvalue weighted by molar-refractivity contribution is 8.00. The smallest absolute Gasteiger partial charge is 0.230 e. The zero-order chi connectivity index (χ0) is 23.3. The zero-order valence-corrected chi connectivity index (χ0v) is 20.0. The highest BCUT2D eigenvalue weighted by Crippen LogP contribution is 2.32. The topological polar surface area (TPSA) is 85.8 Å². The molecular weight excluding hydrogens is 452 g/mol. The lowest BCUT2D eigenvalue weighted by Crippen LogP contribution is -2.36. The Kier molecular flexibility index (Phi) is 7.13. The molecule has 3 aromatic rings. The molecule has 2 aromatic carbocycles. The van der Waals surface area contributed by atoms with E-state index in [4.69, 9.17) is 24.2 Å². The maximum atomic E-state index is 12.8. The highest BCUT2D eigenvalue weighted by Gasteiger charge is 2.18. The zero-order valence-electron chi connectivity index (χ0n) is 19.2. The van der Waals surface area contributed by atoms with Crippen LogP contribution in [-0.4, -0.2) is 66.0 Å². The van der Waals surface area contributed by atoms with Gasteiger partial charge in [0.15, 0.2) is 11.5 Å². The predicted octanol–water partition coefficient (Wildman–Crippen LogP) is 3.20. The van der Waals surface area contributed by atoms with Crippen molar-refractivity contribution < 1.29 is 19.0 Å². The number of carbonyl (C=O) groups excluding carboxylic acids is 1. The molecule has 0 bridgehead atoms. The molecule has 8 nitrogen and oxygen atoms in total. The second-order valence-electron chi connectivity index (χ2n) is 8.33. The fourth-order valence-corrected chi connectivity index (χ4v) is 4.91. The van der Waals surface area contributed by atoms with Gasteiger partial charge in [0.05, 0.1) is 37.1 Å². The van der Waals surface area contributed by atoms with Crippen molar-refractivity contribution in [2.45, 2.75) is 24.5 Å². The Labute approximate surface area is 203 Å². The third-order valence-electron chi connectivity index (χ3n) is 5.87. The number of carbonyl (C=O) groups is 1. The van der Waals surface area contributed by atoms with Gasteiger partial charge in [0.1, 0.15) is 24.1 Å². The van der Waals surface area contributed by atoms with E-state index in [-0.39, 0.29) is 17.7 Å². The fraction of sp³-hybridized carbons (Fsp3) is 0.400. The number of rotatable bonds is 7. The molecule has 1 atom stereocenters. The highest BCUT2D eigenvalue weighted by atomic mass is 32.2. The van der Waals surface area contributed by atoms with Crippen molar-refractivity contribution >= 4 is 28.6 Å². The molecule has 1 N–H and O–H groups in total. The molecule has 1 unspecified atom stereocenters. The lowest BCUT2D eigenvalue weighted by atomic mass is 10.1. The van der Waals surface area contributed by atoms with Crippen LogP contribution in [0.5, 0.6) is 11.5 Å². The standard InChI is InChI=1S/C25H28N4O4S/c1-17(18-6-7-21-22(14-18)33-13-12-32-21)26-24(30)16-34-25-19-4-2-3-5-20(19)27-23(28-25)15-29-8-10-31-11-9-29/h2-7,14,17H,8-13,15-16H2,1H3,(H,26,30). The summed E-state index contributed by atoms with van der Waals surface area (Å²) >= 11 is 1.44. The van der Waals surface area contributed by atoms with E-state index in [0.717, 1.165) is 65.1 Å². The predicted molar refractivity (Wildman–Crippen MR) is 130 cm³/mol. The van der Waals surface area contributed by atoms with E-state index in [1.54, 1.807) is 0 Å². The van der Waals surface area contributed by atoms with Crippen LogP contribution in [0.1, 0.15) is 24.4 Å². The van der Waals surface area contributed by atoms with Gasteiger partial charge in [-0.3, -0.25) is 9.69 Å². The number of ether oxygens (including phenoxy) is 3. The largest absolute Gasteiger partial charge is 0.486 e. The van der Waals surface area contributed by atoms with Crippen molar-refractivity contribution in [1.82, 2.24) is 20.2 Å². The summed E-state index contributed by atoms with van der Waals surface area (Å²) in [6.45, 7) is 6.95. The molecule has 2 aliphatic heterocycles. The third kappa shape index (κ3) is 5.43. The van der Waals surface area contributed by atoms with Gasteiger partial charge in [0.2, 0.25) is 5.91 Å².